The Hall–Kier alpha value is -0.500. The van der Waals surface area contributed by atoms with Crippen molar-refractivity contribution in [1.29, 1.82) is 0 Å². The predicted octanol–water partition coefficient (Wildman–Crippen LogP) is 3.89. The maximum atomic E-state index is 5.27. The van der Waals surface area contributed by atoms with Crippen LogP contribution in [0.25, 0.3) is 0 Å². The first-order valence-electron chi connectivity index (χ1n) is 4.40. The van der Waals surface area contributed by atoms with E-state index in [0.29, 0.717) is 5.92 Å². The molecule has 0 spiro atoms. The molecule has 13 heavy (non-hydrogen) atoms. The van der Waals surface area contributed by atoms with Gasteiger partial charge in [0.1, 0.15) is 5.75 Å². The van der Waals surface area contributed by atoms with E-state index in [1.54, 1.807) is 7.11 Å². The van der Waals surface area contributed by atoms with E-state index in [0.717, 1.165) is 10.2 Å². The van der Waals surface area contributed by atoms with Gasteiger partial charge in [-0.05, 0) is 46.0 Å². The molecule has 0 bridgehead atoms. The number of rotatable bonds is 2. The van der Waals surface area contributed by atoms with E-state index in [4.69, 9.17) is 4.74 Å². The summed E-state index contributed by atoms with van der Waals surface area (Å²) in [6.45, 7) is 6.45. The first-order chi connectivity index (χ1) is 6.06. The molecule has 0 N–H and O–H groups in total. The zero-order chi connectivity index (χ0) is 10.0. The third-order valence-electron chi connectivity index (χ3n) is 2.13. The highest BCUT2D eigenvalue weighted by Gasteiger charge is 2.07. The van der Waals surface area contributed by atoms with Crippen LogP contribution in [-0.4, -0.2) is 7.11 Å². The number of hydrogen-bond acceptors (Lipinski definition) is 1. The van der Waals surface area contributed by atoms with E-state index in [2.05, 4.69) is 48.8 Å². The standard InChI is InChI=1S/C11H15BrO/c1-7(2)9-5-8(3)11(12)10(6-9)13-4/h5-7H,1-4H3. The number of ether oxygens (including phenoxy) is 1. The predicted molar refractivity (Wildman–Crippen MR) is 59.5 cm³/mol. The largest absolute Gasteiger partial charge is 0.496 e. The molecule has 0 fully saturated rings. The minimum atomic E-state index is 0.542. The van der Waals surface area contributed by atoms with Gasteiger partial charge in [0.15, 0.2) is 0 Å². The quantitative estimate of drug-likeness (QED) is 0.765. The van der Waals surface area contributed by atoms with Crippen LogP contribution in [0.3, 0.4) is 0 Å². The molecule has 1 aromatic rings. The summed E-state index contributed by atoms with van der Waals surface area (Å²) in [5.74, 6) is 1.46. The number of methoxy groups -OCH3 is 1. The van der Waals surface area contributed by atoms with Crippen molar-refractivity contribution in [1.82, 2.24) is 0 Å². The molecule has 0 saturated heterocycles. The molecule has 0 aliphatic heterocycles. The number of aryl methyl sites for hydroxylation is 1. The van der Waals surface area contributed by atoms with E-state index in [-0.39, 0.29) is 0 Å². The van der Waals surface area contributed by atoms with Crippen LogP contribution >= 0.6 is 15.9 Å². The Bertz CT molecular complexity index is 305. The molecule has 72 valence electrons. The lowest BCUT2D eigenvalue weighted by Crippen LogP contribution is -1.93. The van der Waals surface area contributed by atoms with Gasteiger partial charge in [-0.2, -0.15) is 0 Å². The van der Waals surface area contributed by atoms with Gasteiger partial charge in [-0.3, -0.25) is 0 Å². The first-order valence-corrected chi connectivity index (χ1v) is 5.19. The Morgan fingerprint density at radius 1 is 1.31 bits per heavy atom. The molecular weight excluding hydrogens is 228 g/mol. The van der Waals surface area contributed by atoms with Crippen LogP contribution in [0.2, 0.25) is 0 Å². The summed E-state index contributed by atoms with van der Waals surface area (Å²) < 4.78 is 6.32. The Morgan fingerprint density at radius 2 is 1.92 bits per heavy atom. The fourth-order valence-corrected chi connectivity index (χ4v) is 1.64. The van der Waals surface area contributed by atoms with E-state index in [1.807, 2.05) is 0 Å². The van der Waals surface area contributed by atoms with Gasteiger partial charge in [-0.15, -0.1) is 0 Å². The normalized spacial score (nSPS) is 10.6. The van der Waals surface area contributed by atoms with Gasteiger partial charge in [0.2, 0.25) is 0 Å². The van der Waals surface area contributed by atoms with Gasteiger partial charge in [0.25, 0.3) is 0 Å². The summed E-state index contributed by atoms with van der Waals surface area (Å²) in [4.78, 5) is 0. The lowest BCUT2D eigenvalue weighted by Gasteiger charge is -2.11. The molecule has 0 amide bonds. The zero-order valence-corrected chi connectivity index (χ0v) is 10.1. The molecule has 0 aromatic heterocycles. The molecule has 1 rings (SSSR count). The Labute approximate surface area is 88.2 Å². The van der Waals surface area contributed by atoms with Gasteiger partial charge < -0.3 is 4.74 Å². The van der Waals surface area contributed by atoms with Crippen molar-refractivity contribution < 1.29 is 4.74 Å². The van der Waals surface area contributed by atoms with E-state index >= 15 is 0 Å². The summed E-state index contributed by atoms with van der Waals surface area (Å²) in [6, 6.07) is 4.28. The molecular formula is C11H15BrO. The van der Waals surface area contributed by atoms with Crippen molar-refractivity contribution in [3.63, 3.8) is 0 Å². The minimum absolute atomic E-state index is 0.542. The van der Waals surface area contributed by atoms with E-state index in [9.17, 15) is 0 Å². The van der Waals surface area contributed by atoms with Crippen molar-refractivity contribution >= 4 is 15.9 Å². The second kappa shape index (κ2) is 4.14. The van der Waals surface area contributed by atoms with Gasteiger partial charge in [0, 0.05) is 0 Å². The Morgan fingerprint density at radius 3 is 2.38 bits per heavy atom. The molecule has 0 unspecified atom stereocenters. The van der Waals surface area contributed by atoms with E-state index < -0.39 is 0 Å². The third-order valence-corrected chi connectivity index (χ3v) is 3.15. The molecule has 0 atom stereocenters. The molecule has 0 aliphatic rings. The smallest absolute Gasteiger partial charge is 0.133 e. The minimum Gasteiger partial charge on any atom is -0.496 e. The SMILES string of the molecule is COc1cc(C(C)C)cc(C)c1Br. The fraction of sp³-hybridized carbons (Fsp3) is 0.455. The van der Waals surface area contributed by atoms with Crippen molar-refractivity contribution in [3.05, 3.63) is 27.7 Å². The maximum Gasteiger partial charge on any atom is 0.133 e. The van der Waals surface area contributed by atoms with Crippen molar-refractivity contribution in [2.24, 2.45) is 0 Å². The van der Waals surface area contributed by atoms with Gasteiger partial charge in [-0.1, -0.05) is 19.9 Å². The van der Waals surface area contributed by atoms with Crippen LogP contribution in [0.1, 0.15) is 30.9 Å². The molecule has 0 aliphatic carbocycles. The third kappa shape index (κ3) is 2.25. The van der Waals surface area contributed by atoms with Crippen LogP contribution in [0, 0.1) is 6.92 Å². The highest BCUT2D eigenvalue weighted by Crippen LogP contribution is 2.32. The molecule has 2 heteroatoms. The monoisotopic (exact) mass is 242 g/mol. The molecule has 1 aromatic carbocycles. The summed E-state index contributed by atoms with van der Waals surface area (Å²) in [7, 11) is 1.70. The average Bonchev–Trinajstić information content (AvgIpc) is 2.09. The second-order valence-electron chi connectivity index (χ2n) is 3.51. The van der Waals surface area contributed by atoms with Crippen LogP contribution < -0.4 is 4.74 Å². The van der Waals surface area contributed by atoms with Crippen LogP contribution in [0.15, 0.2) is 16.6 Å². The van der Waals surface area contributed by atoms with Crippen molar-refractivity contribution in [3.8, 4) is 5.75 Å². The van der Waals surface area contributed by atoms with E-state index in [1.165, 1.54) is 11.1 Å². The maximum absolute atomic E-state index is 5.27. The summed E-state index contributed by atoms with van der Waals surface area (Å²) >= 11 is 3.50. The van der Waals surface area contributed by atoms with Crippen LogP contribution in [0.5, 0.6) is 5.75 Å². The summed E-state index contributed by atoms with van der Waals surface area (Å²) in [6.07, 6.45) is 0. The van der Waals surface area contributed by atoms with Crippen molar-refractivity contribution in [2.75, 3.05) is 7.11 Å². The molecule has 0 heterocycles. The lowest BCUT2D eigenvalue weighted by atomic mass is 10.0. The van der Waals surface area contributed by atoms with Gasteiger partial charge in [-0.25, -0.2) is 0 Å². The molecule has 1 nitrogen and oxygen atoms in total. The summed E-state index contributed by atoms with van der Waals surface area (Å²) in [5.41, 5.74) is 2.54. The highest BCUT2D eigenvalue weighted by atomic mass is 79.9. The Balaban J connectivity index is 3.22. The first kappa shape index (κ1) is 10.6. The van der Waals surface area contributed by atoms with Crippen LogP contribution in [-0.2, 0) is 0 Å². The highest BCUT2D eigenvalue weighted by molar-refractivity contribution is 9.10. The zero-order valence-electron chi connectivity index (χ0n) is 8.52. The molecule has 0 saturated carbocycles. The van der Waals surface area contributed by atoms with Gasteiger partial charge >= 0.3 is 0 Å². The number of halogens is 1. The van der Waals surface area contributed by atoms with Gasteiger partial charge in [0.05, 0.1) is 11.6 Å². The number of hydrogen-bond donors (Lipinski definition) is 0. The fourth-order valence-electron chi connectivity index (χ4n) is 1.25. The Kier molecular flexibility index (Phi) is 3.37. The molecule has 0 radical (unpaired) electrons. The lowest BCUT2D eigenvalue weighted by molar-refractivity contribution is 0.411. The average molecular weight is 243 g/mol. The van der Waals surface area contributed by atoms with Crippen molar-refractivity contribution in [2.45, 2.75) is 26.7 Å². The number of benzene rings is 1. The summed E-state index contributed by atoms with van der Waals surface area (Å²) in [5, 5.41) is 0. The topological polar surface area (TPSA) is 9.23 Å². The van der Waals surface area contributed by atoms with Crippen LogP contribution in [0.4, 0.5) is 0 Å². The second-order valence-corrected chi connectivity index (χ2v) is 4.30.